The number of hydrogen-bond acceptors (Lipinski definition) is 2. The number of anilines is 1. The van der Waals surface area contributed by atoms with Crippen LogP contribution in [0.5, 0.6) is 5.75 Å². The van der Waals surface area contributed by atoms with Crippen molar-refractivity contribution in [1.29, 1.82) is 0 Å². The second kappa shape index (κ2) is 5.97. The van der Waals surface area contributed by atoms with Gasteiger partial charge in [0.2, 0.25) is 0 Å². The lowest BCUT2D eigenvalue weighted by Crippen LogP contribution is -2.03. The monoisotopic (exact) mass is 413 g/mol. The zero-order chi connectivity index (χ0) is 15.0. The van der Waals surface area contributed by atoms with Crippen molar-refractivity contribution in [3.8, 4) is 5.75 Å². The van der Waals surface area contributed by atoms with Gasteiger partial charge in [-0.3, -0.25) is 0 Å². The van der Waals surface area contributed by atoms with E-state index < -0.39 is 0 Å². The van der Waals surface area contributed by atoms with Crippen LogP contribution in [0.2, 0.25) is 0 Å². The molecule has 1 heterocycles. The molecule has 0 atom stereocenters. The van der Waals surface area contributed by atoms with Crippen LogP contribution in [0.3, 0.4) is 0 Å². The molecule has 0 aromatic heterocycles. The standard InChI is InChI=1S/C16H14Br2FNO/c1-9-4-13(18)14(19)7-15(9)20-8-11-6-12(17)5-10-2-3-21-16(10)11/h4-7,20H,2-3,8H2,1H3. The summed E-state index contributed by atoms with van der Waals surface area (Å²) in [6.07, 6.45) is 0.938. The van der Waals surface area contributed by atoms with Gasteiger partial charge in [0.15, 0.2) is 0 Å². The Hall–Kier alpha value is -1.07. The molecule has 0 spiro atoms. The van der Waals surface area contributed by atoms with Gasteiger partial charge >= 0.3 is 0 Å². The lowest BCUT2D eigenvalue weighted by atomic mass is 10.1. The molecule has 1 aliphatic heterocycles. The van der Waals surface area contributed by atoms with Crippen molar-refractivity contribution in [1.82, 2.24) is 0 Å². The van der Waals surface area contributed by atoms with Crippen molar-refractivity contribution in [2.75, 3.05) is 11.9 Å². The molecule has 0 radical (unpaired) electrons. The normalized spacial score (nSPS) is 13.0. The second-order valence-corrected chi connectivity index (χ2v) is 6.86. The Bertz CT molecular complexity index is 703. The number of rotatable bonds is 3. The van der Waals surface area contributed by atoms with Gasteiger partial charge in [-0.15, -0.1) is 0 Å². The van der Waals surface area contributed by atoms with Gasteiger partial charge in [-0.1, -0.05) is 15.9 Å². The van der Waals surface area contributed by atoms with Gasteiger partial charge in [0.05, 0.1) is 11.1 Å². The molecule has 0 saturated heterocycles. The topological polar surface area (TPSA) is 21.3 Å². The number of aryl methyl sites for hydroxylation is 1. The maximum Gasteiger partial charge on any atom is 0.139 e. The summed E-state index contributed by atoms with van der Waals surface area (Å²) in [5.41, 5.74) is 4.10. The number of halogens is 3. The van der Waals surface area contributed by atoms with Gasteiger partial charge in [-0.25, -0.2) is 4.39 Å². The molecular formula is C16H14Br2FNO. The molecule has 110 valence electrons. The van der Waals surface area contributed by atoms with E-state index in [-0.39, 0.29) is 5.82 Å². The fourth-order valence-electron chi connectivity index (χ4n) is 2.50. The van der Waals surface area contributed by atoms with Gasteiger partial charge in [0.1, 0.15) is 11.6 Å². The summed E-state index contributed by atoms with van der Waals surface area (Å²) >= 11 is 6.73. The zero-order valence-corrected chi connectivity index (χ0v) is 14.6. The van der Waals surface area contributed by atoms with Crippen LogP contribution >= 0.6 is 31.9 Å². The first-order valence-electron chi connectivity index (χ1n) is 6.68. The third-order valence-corrected chi connectivity index (χ3v) is 4.63. The van der Waals surface area contributed by atoms with Gasteiger partial charge in [0.25, 0.3) is 0 Å². The van der Waals surface area contributed by atoms with Gasteiger partial charge in [-0.05, 0) is 58.2 Å². The molecule has 5 heteroatoms. The first-order valence-corrected chi connectivity index (χ1v) is 8.27. The molecule has 0 bridgehead atoms. The minimum Gasteiger partial charge on any atom is -0.493 e. The molecule has 0 aliphatic carbocycles. The van der Waals surface area contributed by atoms with Crippen molar-refractivity contribution in [3.63, 3.8) is 0 Å². The van der Waals surface area contributed by atoms with Crippen LogP contribution in [0.1, 0.15) is 16.7 Å². The largest absolute Gasteiger partial charge is 0.493 e. The SMILES string of the molecule is Cc1cc(Br)c(F)cc1NCc1cc(Br)cc2c1OCC2. The van der Waals surface area contributed by atoms with Crippen molar-refractivity contribution >= 4 is 37.5 Å². The maximum absolute atomic E-state index is 13.6. The Morgan fingerprint density at radius 1 is 1.24 bits per heavy atom. The smallest absolute Gasteiger partial charge is 0.139 e. The van der Waals surface area contributed by atoms with Gasteiger partial charge < -0.3 is 10.1 Å². The number of nitrogens with one attached hydrogen (secondary N) is 1. The Kier molecular flexibility index (Phi) is 4.22. The van der Waals surface area contributed by atoms with Crippen molar-refractivity contribution in [3.05, 3.63) is 55.7 Å². The van der Waals surface area contributed by atoms with Gasteiger partial charge in [-0.2, -0.15) is 0 Å². The Balaban J connectivity index is 1.84. The lowest BCUT2D eigenvalue weighted by Gasteiger charge is -2.13. The first-order chi connectivity index (χ1) is 10.0. The van der Waals surface area contributed by atoms with E-state index in [1.165, 1.54) is 11.6 Å². The molecule has 3 rings (SSSR count). The van der Waals surface area contributed by atoms with Crippen LogP contribution < -0.4 is 10.1 Å². The van der Waals surface area contributed by atoms with Gasteiger partial charge in [0, 0.05) is 28.7 Å². The number of hydrogen-bond donors (Lipinski definition) is 1. The Morgan fingerprint density at radius 3 is 2.86 bits per heavy atom. The lowest BCUT2D eigenvalue weighted by molar-refractivity contribution is 0.354. The Labute approximate surface area is 140 Å². The number of benzene rings is 2. The highest BCUT2D eigenvalue weighted by molar-refractivity contribution is 9.10. The highest BCUT2D eigenvalue weighted by atomic mass is 79.9. The number of ether oxygens (including phenoxy) is 1. The highest BCUT2D eigenvalue weighted by Crippen LogP contribution is 2.34. The van der Waals surface area contributed by atoms with Crippen LogP contribution in [-0.4, -0.2) is 6.61 Å². The highest BCUT2D eigenvalue weighted by Gasteiger charge is 2.17. The number of fused-ring (bicyclic) bond motifs is 1. The predicted molar refractivity (Wildman–Crippen MR) is 89.5 cm³/mol. The molecule has 0 unspecified atom stereocenters. The molecule has 2 aromatic rings. The van der Waals surface area contributed by atoms with E-state index in [0.717, 1.165) is 40.1 Å². The minimum absolute atomic E-state index is 0.265. The van der Waals surface area contributed by atoms with E-state index in [2.05, 4.69) is 43.2 Å². The fourth-order valence-corrected chi connectivity index (χ4v) is 3.52. The fraction of sp³-hybridized carbons (Fsp3) is 0.250. The van der Waals surface area contributed by atoms with E-state index in [4.69, 9.17) is 4.74 Å². The van der Waals surface area contributed by atoms with E-state index in [1.807, 2.05) is 13.0 Å². The minimum atomic E-state index is -0.265. The molecule has 0 saturated carbocycles. The average Bonchev–Trinajstić information content (AvgIpc) is 2.89. The zero-order valence-electron chi connectivity index (χ0n) is 11.5. The summed E-state index contributed by atoms with van der Waals surface area (Å²) in [7, 11) is 0. The average molecular weight is 415 g/mol. The third-order valence-electron chi connectivity index (χ3n) is 3.56. The summed E-state index contributed by atoms with van der Waals surface area (Å²) in [5.74, 6) is 0.694. The molecule has 1 N–H and O–H groups in total. The van der Waals surface area contributed by atoms with E-state index in [9.17, 15) is 4.39 Å². The molecule has 2 aromatic carbocycles. The molecule has 2 nitrogen and oxygen atoms in total. The van der Waals surface area contributed by atoms with E-state index in [1.54, 1.807) is 6.07 Å². The van der Waals surface area contributed by atoms with E-state index in [0.29, 0.717) is 11.0 Å². The van der Waals surface area contributed by atoms with E-state index >= 15 is 0 Å². The summed E-state index contributed by atoms with van der Waals surface area (Å²) in [4.78, 5) is 0. The van der Waals surface area contributed by atoms with Crippen LogP contribution in [0, 0.1) is 12.7 Å². The summed E-state index contributed by atoms with van der Waals surface area (Å²) < 4.78 is 20.9. The van der Waals surface area contributed by atoms with Crippen molar-refractivity contribution in [2.45, 2.75) is 19.9 Å². The van der Waals surface area contributed by atoms with Crippen LogP contribution in [0.25, 0.3) is 0 Å². The first kappa shape index (κ1) is 14.9. The third kappa shape index (κ3) is 3.09. The molecule has 0 amide bonds. The molecule has 0 fully saturated rings. The Morgan fingerprint density at radius 2 is 2.05 bits per heavy atom. The molecule has 21 heavy (non-hydrogen) atoms. The molecule has 1 aliphatic rings. The predicted octanol–water partition coefficient (Wildman–Crippen LogP) is 5.21. The van der Waals surface area contributed by atoms with Crippen LogP contribution in [0.15, 0.2) is 33.2 Å². The summed E-state index contributed by atoms with van der Waals surface area (Å²) in [6.45, 7) is 3.28. The van der Waals surface area contributed by atoms with Crippen molar-refractivity contribution < 1.29 is 9.13 Å². The second-order valence-electron chi connectivity index (χ2n) is 5.09. The maximum atomic E-state index is 13.6. The quantitative estimate of drug-likeness (QED) is 0.744. The van der Waals surface area contributed by atoms with Crippen LogP contribution in [-0.2, 0) is 13.0 Å². The summed E-state index contributed by atoms with van der Waals surface area (Å²) in [6, 6.07) is 7.43. The van der Waals surface area contributed by atoms with Crippen molar-refractivity contribution in [2.24, 2.45) is 0 Å². The summed E-state index contributed by atoms with van der Waals surface area (Å²) in [5, 5.41) is 3.29. The van der Waals surface area contributed by atoms with Crippen LogP contribution in [0.4, 0.5) is 10.1 Å². The molecular weight excluding hydrogens is 401 g/mol.